The van der Waals surface area contributed by atoms with Crippen molar-refractivity contribution in [1.82, 2.24) is 15.0 Å². The number of hydrogen-bond acceptors (Lipinski definition) is 6. The second-order valence-electron chi connectivity index (χ2n) is 4.43. The van der Waals surface area contributed by atoms with E-state index in [1.165, 1.54) is 0 Å². The lowest BCUT2D eigenvalue weighted by molar-refractivity contribution is 0.816. The number of rotatable bonds is 5. The average Bonchev–Trinajstić information content (AvgIpc) is 2.42. The van der Waals surface area contributed by atoms with E-state index in [9.17, 15) is 0 Å². The third kappa shape index (κ3) is 3.14. The van der Waals surface area contributed by atoms with Crippen molar-refractivity contribution in [2.24, 2.45) is 0 Å². The Bertz CT molecular complexity index is 580. The third-order valence-corrected chi connectivity index (χ3v) is 3.08. The summed E-state index contributed by atoms with van der Waals surface area (Å²) in [5.41, 5.74) is 7.85. The van der Waals surface area contributed by atoms with E-state index in [2.05, 4.69) is 34.1 Å². The first-order valence-corrected chi connectivity index (χ1v) is 6.73. The molecule has 0 saturated carbocycles. The molecule has 2 rings (SSSR count). The maximum absolute atomic E-state index is 5.77. The van der Waals surface area contributed by atoms with Crippen LogP contribution < -0.4 is 16.0 Å². The Hall–Kier alpha value is -2.37. The highest BCUT2D eigenvalue weighted by Crippen LogP contribution is 2.19. The molecule has 0 fully saturated rings. The molecule has 0 aliphatic heterocycles. The van der Waals surface area contributed by atoms with E-state index < -0.39 is 0 Å². The SMILES string of the molecule is CCN(CC)c1nc(N)nc(Nc2ccccc2C)n1. The van der Waals surface area contributed by atoms with Crippen LogP contribution in [0.1, 0.15) is 19.4 Å². The highest BCUT2D eigenvalue weighted by atomic mass is 15.3. The topological polar surface area (TPSA) is 80.0 Å². The number of nitrogens with zero attached hydrogens (tertiary/aromatic N) is 4. The van der Waals surface area contributed by atoms with E-state index in [0.717, 1.165) is 24.3 Å². The smallest absolute Gasteiger partial charge is 0.233 e. The van der Waals surface area contributed by atoms with Gasteiger partial charge in [-0.2, -0.15) is 15.0 Å². The molecule has 2 aromatic rings. The van der Waals surface area contributed by atoms with Crippen molar-refractivity contribution in [3.05, 3.63) is 29.8 Å². The molecule has 0 amide bonds. The first kappa shape index (κ1) is 14.0. The van der Waals surface area contributed by atoms with Gasteiger partial charge in [-0.3, -0.25) is 0 Å². The number of aromatic nitrogens is 3. The molecule has 3 N–H and O–H groups in total. The van der Waals surface area contributed by atoms with Gasteiger partial charge in [0.15, 0.2) is 0 Å². The van der Waals surface area contributed by atoms with Crippen LogP contribution in [0.3, 0.4) is 0 Å². The van der Waals surface area contributed by atoms with Crippen LogP contribution in [0.4, 0.5) is 23.5 Å². The molecule has 6 nitrogen and oxygen atoms in total. The van der Waals surface area contributed by atoms with Crippen LogP contribution in [0.5, 0.6) is 0 Å². The first-order chi connectivity index (χ1) is 9.63. The van der Waals surface area contributed by atoms with E-state index in [0.29, 0.717) is 11.9 Å². The summed E-state index contributed by atoms with van der Waals surface area (Å²) < 4.78 is 0. The molecular formula is C14H20N6. The molecule has 1 aromatic heterocycles. The van der Waals surface area contributed by atoms with Crippen molar-refractivity contribution in [1.29, 1.82) is 0 Å². The lowest BCUT2D eigenvalue weighted by atomic mass is 10.2. The summed E-state index contributed by atoms with van der Waals surface area (Å²) in [6, 6.07) is 7.96. The molecule has 0 saturated heterocycles. The average molecular weight is 272 g/mol. The monoisotopic (exact) mass is 272 g/mol. The van der Waals surface area contributed by atoms with E-state index in [-0.39, 0.29) is 5.95 Å². The number of anilines is 4. The molecule has 0 spiro atoms. The number of benzene rings is 1. The van der Waals surface area contributed by atoms with Gasteiger partial charge < -0.3 is 16.0 Å². The van der Waals surface area contributed by atoms with Crippen molar-refractivity contribution in [3.63, 3.8) is 0 Å². The highest BCUT2D eigenvalue weighted by molar-refractivity contribution is 5.59. The van der Waals surface area contributed by atoms with E-state index in [1.807, 2.05) is 36.1 Å². The number of nitrogen functional groups attached to an aromatic ring is 1. The maximum atomic E-state index is 5.77. The Balaban J connectivity index is 2.31. The minimum Gasteiger partial charge on any atom is -0.368 e. The zero-order valence-electron chi connectivity index (χ0n) is 12.1. The summed E-state index contributed by atoms with van der Waals surface area (Å²) in [7, 11) is 0. The molecule has 20 heavy (non-hydrogen) atoms. The second-order valence-corrected chi connectivity index (χ2v) is 4.43. The zero-order valence-corrected chi connectivity index (χ0v) is 12.1. The largest absolute Gasteiger partial charge is 0.368 e. The molecule has 1 aromatic carbocycles. The summed E-state index contributed by atoms with van der Waals surface area (Å²) >= 11 is 0. The minimum absolute atomic E-state index is 0.220. The third-order valence-electron chi connectivity index (χ3n) is 3.08. The quantitative estimate of drug-likeness (QED) is 0.869. The van der Waals surface area contributed by atoms with Gasteiger partial charge in [0.05, 0.1) is 0 Å². The fourth-order valence-corrected chi connectivity index (χ4v) is 1.92. The van der Waals surface area contributed by atoms with Gasteiger partial charge in [-0.1, -0.05) is 18.2 Å². The number of para-hydroxylation sites is 1. The molecule has 0 radical (unpaired) electrons. The van der Waals surface area contributed by atoms with Gasteiger partial charge in [-0.15, -0.1) is 0 Å². The fourth-order valence-electron chi connectivity index (χ4n) is 1.92. The summed E-state index contributed by atoms with van der Waals surface area (Å²) in [6.45, 7) is 7.78. The molecule has 0 atom stereocenters. The predicted molar refractivity (Wildman–Crippen MR) is 82.3 cm³/mol. The van der Waals surface area contributed by atoms with E-state index in [1.54, 1.807) is 0 Å². The van der Waals surface area contributed by atoms with Crippen LogP contribution in [0.15, 0.2) is 24.3 Å². The number of aryl methyl sites for hydroxylation is 1. The van der Waals surface area contributed by atoms with Crippen molar-refractivity contribution >= 4 is 23.5 Å². The van der Waals surface area contributed by atoms with Crippen molar-refractivity contribution < 1.29 is 0 Å². The molecule has 106 valence electrons. The Morgan fingerprint density at radius 1 is 1.10 bits per heavy atom. The van der Waals surface area contributed by atoms with Gasteiger partial charge in [0.1, 0.15) is 0 Å². The normalized spacial score (nSPS) is 10.3. The van der Waals surface area contributed by atoms with Crippen molar-refractivity contribution in [2.75, 3.05) is 29.0 Å². The van der Waals surface area contributed by atoms with Crippen LogP contribution in [0.2, 0.25) is 0 Å². The van der Waals surface area contributed by atoms with Crippen LogP contribution in [-0.2, 0) is 0 Å². The number of nitrogens with one attached hydrogen (secondary N) is 1. The minimum atomic E-state index is 0.220. The first-order valence-electron chi connectivity index (χ1n) is 6.73. The Kier molecular flexibility index (Phi) is 4.34. The number of nitrogens with two attached hydrogens (primary N) is 1. The second kappa shape index (κ2) is 6.18. The van der Waals surface area contributed by atoms with E-state index in [4.69, 9.17) is 5.73 Å². The lowest BCUT2D eigenvalue weighted by Crippen LogP contribution is -2.25. The molecular weight excluding hydrogens is 252 g/mol. The van der Waals surface area contributed by atoms with Gasteiger partial charge in [0.2, 0.25) is 17.8 Å². The van der Waals surface area contributed by atoms with Crippen molar-refractivity contribution in [3.8, 4) is 0 Å². The van der Waals surface area contributed by atoms with Gasteiger partial charge >= 0.3 is 0 Å². The van der Waals surface area contributed by atoms with Gasteiger partial charge in [0, 0.05) is 18.8 Å². The summed E-state index contributed by atoms with van der Waals surface area (Å²) in [6.07, 6.45) is 0. The summed E-state index contributed by atoms with van der Waals surface area (Å²) in [5, 5.41) is 3.19. The lowest BCUT2D eigenvalue weighted by Gasteiger charge is -2.19. The Labute approximate surface area is 119 Å². The summed E-state index contributed by atoms with van der Waals surface area (Å²) in [5.74, 6) is 1.28. The highest BCUT2D eigenvalue weighted by Gasteiger charge is 2.10. The van der Waals surface area contributed by atoms with Crippen LogP contribution in [0, 0.1) is 6.92 Å². The predicted octanol–water partition coefficient (Wildman–Crippen LogP) is 2.35. The summed E-state index contributed by atoms with van der Waals surface area (Å²) in [4.78, 5) is 14.8. The van der Waals surface area contributed by atoms with E-state index >= 15 is 0 Å². The van der Waals surface area contributed by atoms with Crippen LogP contribution in [0.25, 0.3) is 0 Å². The van der Waals surface area contributed by atoms with Crippen LogP contribution in [-0.4, -0.2) is 28.0 Å². The molecule has 0 aliphatic rings. The van der Waals surface area contributed by atoms with Gasteiger partial charge in [-0.25, -0.2) is 0 Å². The van der Waals surface area contributed by atoms with Gasteiger partial charge in [0.25, 0.3) is 0 Å². The maximum Gasteiger partial charge on any atom is 0.233 e. The van der Waals surface area contributed by atoms with Crippen LogP contribution >= 0.6 is 0 Å². The molecule has 1 heterocycles. The zero-order chi connectivity index (χ0) is 14.5. The molecule has 6 heteroatoms. The number of hydrogen-bond donors (Lipinski definition) is 2. The molecule has 0 aliphatic carbocycles. The molecule has 0 bridgehead atoms. The Morgan fingerprint density at radius 3 is 2.45 bits per heavy atom. The Morgan fingerprint density at radius 2 is 1.80 bits per heavy atom. The fraction of sp³-hybridized carbons (Fsp3) is 0.357. The van der Waals surface area contributed by atoms with Crippen molar-refractivity contribution in [2.45, 2.75) is 20.8 Å². The standard InChI is InChI=1S/C14H20N6/c1-4-20(5-2)14-18-12(15)17-13(19-14)16-11-9-7-6-8-10(11)3/h6-9H,4-5H2,1-3H3,(H3,15,16,17,18,19). The van der Waals surface area contributed by atoms with Gasteiger partial charge in [-0.05, 0) is 32.4 Å². The molecule has 0 unspecified atom stereocenters.